The summed E-state index contributed by atoms with van der Waals surface area (Å²) >= 11 is 0. The highest BCUT2D eigenvalue weighted by molar-refractivity contribution is 5.95. The number of rotatable bonds is 6. The number of likely N-dealkylation sites (tertiary alicyclic amines) is 1. The van der Waals surface area contributed by atoms with Crippen LogP contribution in [0.5, 0.6) is 0 Å². The van der Waals surface area contributed by atoms with E-state index in [0.29, 0.717) is 26.3 Å². The number of aromatic carboxylic acids is 1. The van der Waals surface area contributed by atoms with Gasteiger partial charge in [-0.15, -0.1) is 0 Å². The Morgan fingerprint density at radius 2 is 2.04 bits per heavy atom. The maximum Gasteiger partial charge on any atom is 0.335 e. The molecule has 1 unspecified atom stereocenters. The summed E-state index contributed by atoms with van der Waals surface area (Å²) in [5, 5.41) is 9.02. The molecule has 0 radical (unpaired) electrons. The molecule has 1 fully saturated rings. The van der Waals surface area contributed by atoms with Gasteiger partial charge in [-0.3, -0.25) is 9.78 Å². The van der Waals surface area contributed by atoms with Crippen molar-refractivity contribution in [3.63, 3.8) is 0 Å². The molecular weight excluding hydrogens is 320 g/mol. The number of carboxylic acids is 1. The first-order valence-electron chi connectivity index (χ1n) is 8.24. The molecule has 0 aliphatic carbocycles. The second kappa shape index (κ2) is 7.90. The van der Waals surface area contributed by atoms with Gasteiger partial charge in [0.15, 0.2) is 0 Å². The summed E-state index contributed by atoms with van der Waals surface area (Å²) in [6.07, 6.45) is 2.23. The predicted molar refractivity (Wildman–Crippen MR) is 91.3 cm³/mol. The van der Waals surface area contributed by atoms with Crippen molar-refractivity contribution < 1.29 is 19.4 Å². The van der Waals surface area contributed by atoms with Gasteiger partial charge in [0, 0.05) is 25.2 Å². The van der Waals surface area contributed by atoms with E-state index in [2.05, 4.69) is 4.98 Å². The molecule has 1 aliphatic rings. The fraction of sp³-hybridized carbons (Fsp3) is 0.316. The van der Waals surface area contributed by atoms with Gasteiger partial charge >= 0.3 is 5.97 Å². The number of amides is 1. The average Bonchev–Trinajstić information content (AvgIpc) is 3.11. The van der Waals surface area contributed by atoms with Gasteiger partial charge in [-0.1, -0.05) is 30.3 Å². The Bertz CT molecular complexity index is 748. The molecule has 3 rings (SSSR count). The number of hydrogen-bond donors (Lipinski definition) is 1. The summed E-state index contributed by atoms with van der Waals surface area (Å²) in [5.74, 6) is -1.01. The van der Waals surface area contributed by atoms with Crippen LogP contribution in [0.3, 0.4) is 0 Å². The first-order valence-corrected chi connectivity index (χ1v) is 8.24. The molecule has 1 saturated heterocycles. The Balaban J connectivity index is 1.51. The molecule has 6 heteroatoms. The monoisotopic (exact) mass is 340 g/mol. The van der Waals surface area contributed by atoms with Crippen LogP contribution in [0.2, 0.25) is 0 Å². The summed E-state index contributed by atoms with van der Waals surface area (Å²) in [6.45, 7) is 2.40. The smallest absolute Gasteiger partial charge is 0.335 e. The second-order valence-corrected chi connectivity index (χ2v) is 6.14. The molecule has 0 bridgehead atoms. The van der Waals surface area contributed by atoms with E-state index < -0.39 is 5.97 Å². The van der Waals surface area contributed by atoms with E-state index >= 15 is 0 Å². The molecule has 1 aromatic heterocycles. The summed E-state index contributed by atoms with van der Waals surface area (Å²) in [7, 11) is 0. The zero-order valence-electron chi connectivity index (χ0n) is 13.8. The minimum absolute atomic E-state index is 0.0697. The van der Waals surface area contributed by atoms with Crippen molar-refractivity contribution in [2.75, 3.05) is 19.7 Å². The summed E-state index contributed by atoms with van der Waals surface area (Å²) in [6, 6.07) is 12.7. The SMILES string of the molecule is O=C(O)c1ccnc(C(=O)N2CCC(COCc3ccccc3)C2)c1. The number of pyridine rings is 1. The van der Waals surface area contributed by atoms with Crippen molar-refractivity contribution in [2.45, 2.75) is 13.0 Å². The molecule has 6 nitrogen and oxygen atoms in total. The van der Waals surface area contributed by atoms with Crippen LogP contribution >= 0.6 is 0 Å². The molecule has 2 aromatic rings. The van der Waals surface area contributed by atoms with Gasteiger partial charge in [0.1, 0.15) is 5.69 Å². The molecule has 2 heterocycles. The van der Waals surface area contributed by atoms with Crippen molar-refractivity contribution in [3.8, 4) is 0 Å². The van der Waals surface area contributed by atoms with Crippen LogP contribution in [-0.4, -0.2) is 46.6 Å². The number of nitrogens with zero attached hydrogens (tertiary/aromatic N) is 2. The number of ether oxygens (including phenoxy) is 1. The normalized spacial score (nSPS) is 16.8. The highest BCUT2D eigenvalue weighted by Gasteiger charge is 2.28. The van der Waals surface area contributed by atoms with Crippen molar-refractivity contribution in [1.29, 1.82) is 0 Å². The van der Waals surface area contributed by atoms with Gasteiger partial charge in [0.25, 0.3) is 5.91 Å². The van der Waals surface area contributed by atoms with Crippen LogP contribution in [0.1, 0.15) is 32.8 Å². The number of carboxylic acid groups (broad SMARTS) is 1. The second-order valence-electron chi connectivity index (χ2n) is 6.14. The first-order chi connectivity index (χ1) is 12.1. The summed E-state index contributed by atoms with van der Waals surface area (Å²) < 4.78 is 5.76. The molecule has 1 aliphatic heterocycles. The van der Waals surface area contributed by atoms with Crippen molar-refractivity contribution in [3.05, 3.63) is 65.5 Å². The Hall–Kier alpha value is -2.73. The largest absolute Gasteiger partial charge is 0.478 e. The highest BCUT2D eigenvalue weighted by atomic mass is 16.5. The molecule has 0 spiro atoms. The fourth-order valence-electron chi connectivity index (χ4n) is 2.91. The Kier molecular flexibility index (Phi) is 5.40. The standard InChI is InChI=1S/C19H20N2O4/c22-18(17-10-16(19(23)24)6-8-20-17)21-9-7-15(11-21)13-25-12-14-4-2-1-3-5-14/h1-6,8,10,15H,7,9,11-13H2,(H,23,24). The zero-order chi connectivity index (χ0) is 17.6. The Morgan fingerprint density at radius 3 is 2.80 bits per heavy atom. The van der Waals surface area contributed by atoms with Crippen LogP contribution in [-0.2, 0) is 11.3 Å². The lowest BCUT2D eigenvalue weighted by molar-refractivity contribution is 0.0696. The molecule has 1 aromatic carbocycles. The molecule has 1 atom stereocenters. The van der Waals surface area contributed by atoms with Crippen LogP contribution in [0, 0.1) is 5.92 Å². The van der Waals surface area contributed by atoms with E-state index in [4.69, 9.17) is 9.84 Å². The molecule has 1 amide bonds. The quantitative estimate of drug-likeness (QED) is 0.874. The summed E-state index contributed by atoms with van der Waals surface area (Å²) in [4.78, 5) is 29.2. The maximum absolute atomic E-state index is 12.5. The molecule has 0 saturated carbocycles. The lowest BCUT2D eigenvalue weighted by Gasteiger charge is -2.16. The van der Waals surface area contributed by atoms with Crippen molar-refractivity contribution in [2.24, 2.45) is 5.92 Å². The van der Waals surface area contributed by atoms with Gasteiger partial charge < -0.3 is 14.7 Å². The third-order valence-electron chi connectivity index (χ3n) is 4.26. The highest BCUT2D eigenvalue weighted by Crippen LogP contribution is 2.19. The number of benzene rings is 1. The van der Waals surface area contributed by atoms with Gasteiger partial charge in [-0.25, -0.2) is 4.79 Å². The Labute approximate surface area is 146 Å². The van der Waals surface area contributed by atoms with Crippen LogP contribution < -0.4 is 0 Å². The zero-order valence-corrected chi connectivity index (χ0v) is 13.8. The lowest BCUT2D eigenvalue weighted by Crippen LogP contribution is -2.30. The minimum atomic E-state index is -1.06. The topological polar surface area (TPSA) is 79.7 Å². The van der Waals surface area contributed by atoms with Gasteiger partial charge in [-0.05, 0) is 24.1 Å². The minimum Gasteiger partial charge on any atom is -0.478 e. The Morgan fingerprint density at radius 1 is 1.24 bits per heavy atom. The molecule has 130 valence electrons. The van der Waals surface area contributed by atoms with E-state index in [1.54, 1.807) is 4.90 Å². The summed E-state index contributed by atoms with van der Waals surface area (Å²) in [5.41, 5.74) is 1.37. The van der Waals surface area contributed by atoms with E-state index in [1.807, 2.05) is 30.3 Å². The molecule has 1 N–H and O–H groups in total. The van der Waals surface area contributed by atoms with E-state index in [-0.39, 0.29) is 23.1 Å². The lowest BCUT2D eigenvalue weighted by atomic mass is 10.1. The van der Waals surface area contributed by atoms with E-state index in [9.17, 15) is 9.59 Å². The van der Waals surface area contributed by atoms with Crippen molar-refractivity contribution in [1.82, 2.24) is 9.88 Å². The fourth-order valence-corrected chi connectivity index (χ4v) is 2.91. The number of carbonyl (C=O) groups is 2. The van der Waals surface area contributed by atoms with E-state index in [0.717, 1.165) is 12.0 Å². The van der Waals surface area contributed by atoms with Gasteiger partial charge in [-0.2, -0.15) is 0 Å². The first kappa shape index (κ1) is 17.1. The predicted octanol–water partition coefficient (Wildman–Crippen LogP) is 2.46. The third-order valence-corrected chi connectivity index (χ3v) is 4.26. The van der Waals surface area contributed by atoms with Crippen LogP contribution in [0.15, 0.2) is 48.7 Å². The third kappa shape index (κ3) is 4.42. The number of carbonyl (C=O) groups excluding carboxylic acids is 1. The average molecular weight is 340 g/mol. The molecular formula is C19H20N2O4. The van der Waals surface area contributed by atoms with Crippen LogP contribution in [0.4, 0.5) is 0 Å². The van der Waals surface area contributed by atoms with Crippen molar-refractivity contribution >= 4 is 11.9 Å². The number of aromatic nitrogens is 1. The van der Waals surface area contributed by atoms with Gasteiger partial charge in [0.05, 0.1) is 18.8 Å². The number of hydrogen-bond acceptors (Lipinski definition) is 4. The van der Waals surface area contributed by atoms with E-state index in [1.165, 1.54) is 18.3 Å². The van der Waals surface area contributed by atoms with Gasteiger partial charge in [0.2, 0.25) is 0 Å². The van der Waals surface area contributed by atoms with Crippen LogP contribution in [0.25, 0.3) is 0 Å². The molecule has 25 heavy (non-hydrogen) atoms. The maximum atomic E-state index is 12.5.